The van der Waals surface area contributed by atoms with Gasteiger partial charge < -0.3 is 19.9 Å². The predicted octanol–water partition coefficient (Wildman–Crippen LogP) is 1.68. The first-order chi connectivity index (χ1) is 10.6. The lowest BCUT2D eigenvalue weighted by atomic mass is 9.82. The minimum atomic E-state index is -1.01. The summed E-state index contributed by atoms with van der Waals surface area (Å²) in [5, 5.41) is 12.1. The molecule has 3 rings (SSSR count). The lowest BCUT2D eigenvalue weighted by Crippen LogP contribution is -2.39. The van der Waals surface area contributed by atoms with E-state index in [9.17, 15) is 14.7 Å². The molecule has 2 N–H and O–H groups in total. The molecule has 1 amide bonds. The third kappa shape index (κ3) is 2.57. The van der Waals surface area contributed by atoms with E-state index in [1.54, 1.807) is 36.4 Å². The zero-order chi connectivity index (χ0) is 15.7. The minimum absolute atomic E-state index is 0.339. The monoisotopic (exact) mass is 303 g/mol. The highest BCUT2D eigenvalue weighted by Crippen LogP contribution is 2.39. The van der Waals surface area contributed by atoms with Crippen molar-refractivity contribution in [3.8, 4) is 5.75 Å². The second kappa shape index (κ2) is 5.81. The van der Waals surface area contributed by atoms with E-state index in [4.69, 9.17) is 9.47 Å². The number of rotatable bonds is 5. The Morgan fingerprint density at radius 1 is 1.18 bits per heavy atom. The van der Waals surface area contributed by atoms with Crippen molar-refractivity contribution < 1.29 is 24.2 Å². The van der Waals surface area contributed by atoms with Gasteiger partial charge in [-0.05, 0) is 31.2 Å². The van der Waals surface area contributed by atoms with Crippen LogP contribution in [0, 0.1) is 11.8 Å². The van der Waals surface area contributed by atoms with Crippen molar-refractivity contribution in [1.82, 2.24) is 0 Å². The Hall–Kier alpha value is -2.34. The van der Waals surface area contributed by atoms with Crippen LogP contribution in [-0.4, -0.2) is 35.8 Å². The average Bonchev–Trinajstić information content (AvgIpc) is 3.10. The Kier molecular flexibility index (Phi) is 3.85. The van der Waals surface area contributed by atoms with E-state index >= 15 is 0 Å². The zero-order valence-corrected chi connectivity index (χ0v) is 12.1. The van der Waals surface area contributed by atoms with Crippen molar-refractivity contribution in [2.45, 2.75) is 19.1 Å². The third-order valence-electron chi connectivity index (χ3n) is 3.92. The summed E-state index contributed by atoms with van der Waals surface area (Å²) in [5.41, 5.74) is 0.601. The van der Waals surface area contributed by atoms with Gasteiger partial charge in [0.15, 0.2) is 0 Å². The number of benzene rings is 1. The van der Waals surface area contributed by atoms with Crippen LogP contribution >= 0.6 is 0 Å². The Labute approximate surface area is 127 Å². The van der Waals surface area contributed by atoms with Gasteiger partial charge in [0, 0.05) is 5.69 Å². The molecule has 1 aromatic carbocycles. The molecule has 2 aliphatic rings. The highest BCUT2D eigenvalue weighted by atomic mass is 16.5. The number of hydrogen-bond donors (Lipinski definition) is 2. The Bertz CT molecular complexity index is 609. The summed E-state index contributed by atoms with van der Waals surface area (Å²) < 4.78 is 10.8. The summed E-state index contributed by atoms with van der Waals surface area (Å²) in [6, 6.07) is 6.96. The van der Waals surface area contributed by atoms with E-state index in [1.165, 1.54) is 0 Å². The highest BCUT2D eigenvalue weighted by Gasteiger charge is 2.53. The molecule has 1 aromatic rings. The molecule has 0 aliphatic carbocycles. The number of carboxylic acid groups (broad SMARTS) is 1. The molecule has 1 fully saturated rings. The fraction of sp³-hybridized carbons (Fsp3) is 0.375. The predicted molar refractivity (Wildman–Crippen MR) is 78.7 cm³/mol. The summed E-state index contributed by atoms with van der Waals surface area (Å²) in [6.45, 7) is 2.46. The van der Waals surface area contributed by atoms with Crippen LogP contribution in [-0.2, 0) is 14.3 Å². The van der Waals surface area contributed by atoms with E-state index < -0.39 is 30.0 Å². The van der Waals surface area contributed by atoms with Gasteiger partial charge in [0.1, 0.15) is 11.7 Å². The molecule has 1 saturated heterocycles. The summed E-state index contributed by atoms with van der Waals surface area (Å²) >= 11 is 0. The number of aliphatic carboxylic acids is 1. The lowest BCUT2D eigenvalue weighted by Gasteiger charge is -2.21. The number of nitrogens with one attached hydrogen (secondary N) is 1. The second-order valence-electron chi connectivity index (χ2n) is 5.29. The van der Waals surface area contributed by atoms with E-state index in [2.05, 4.69) is 5.32 Å². The van der Waals surface area contributed by atoms with Gasteiger partial charge in [0.05, 0.1) is 24.7 Å². The first-order valence-corrected chi connectivity index (χ1v) is 7.20. The van der Waals surface area contributed by atoms with Crippen molar-refractivity contribution in [3.05, 3.63) is 36.4 Å². The maximum Gasteiger partial charge on any atom is 0.310 e. The van der Waals surface area contributed by atoms with Gasteiger partial charge in [-0.25, -0.2) is 0 Å². The van der Waals surface area contributed by atoms with Gasteiger partial charge in [-0.15, -0.1) is 0 Å². The van der Waals surface area contributed by atoms with E-state index in [-0.39, 0.29) is 5.91 Å². The molecule has 4 atom stereocenters. The number of hydrogen-bond acceptors (Lipinski definition) is 4. The molecule has 0 radical (unpaired) electrons. The van der Waals surface area contributed by atoms with Gasteiger partial charge in [-0.2, -0.15) is 0 Å². The molecule has 0 unspecified atom stereocenters. The van der Waals surface area contributed by atoms with Crippen LogP contribution in [0.5, 0.6) is 5.75 Å². The van der Waals surface area contributed by atoms with Crippen LogP contribution in [0.1, 0.15) is 6.92 Å². The molecule has 2 heterocycles. The molecule has 2 bridgehead atoms. The Balaban J connectivity index is 1.71. The molecule has 6 nitrogen and oxygen atoms in total. The average molecular weight is 303 g/mol. The first kappa shape index (κ1) is 14.6. The Morgan fingerprint density at radius 2 is 1.82 bits per heavy atom. The van der Waals surface area contributed by atoms with Crippen molar-refractivity contribution >= 4 is 17.6 Å². The number of amides is 1. The molecule has 22 heavy (non-hydrogen) atoms. The van der Waals surface area contributed by atoms with Gasteiger partial charge in [-0.1, -0.05) is 12.2 Å². The number of carbonyl (C=O) groups excluding carboxylic acids is 1. The third-order valence-corrected chi connectivity index (χ3v) is 3.92. The normalized spacial score (nSPS) is 28.6. The number of ether oxygens (including phenoxy) is 2. The molecular formula is C16H17NO5. The second-order valence-corrected chi connectivity index (χ2v) is 5.29. The smallest absolute Gasteiger partial charge is 0.310 e. The van der Waals surface area contributed by atoms with Crippen LogP contribution in [0.3, 0.4) is 0 Å². The number of carbonyl (C=O) groups is 2. The maximum absolute atomic E-state index is 12.4. The van der Waals surface area contributed by atoms with Crippen LogP contribution in [0.25, 0.3) is 0 Å². The van der Waals surface area contributed by atoms with Crippen molar-refractivity contribution in [1.29, 1.82) is 0 Å². The Morgan fingerprint density at radius 3 is 2.41 bits per heavy atom. The van der Waals surface area contributed by atoms with Crippen molar-refractivity contribution in [3.63, 3.8) is 0 Å². The zero-order valence-electron chi connectivity index (χ0n) is 12.1. The summed E-state index contributed by atoms with van der Waals surface area (Å²) in [7, 11) is 0. The first-order valence-electron chi connectivity index (χ1n) is 7.20. The number of carboxylic acids is 1. The molecule has 2 aliphatic heterocycles. The van der Waals surface area contributed by atoms with Gasteiger partial charge in [-0.3, -0.25) is 9.59 Å². The SMILES string of the molecule is CCOc1ccc(NC(=O)[C@H]2[C@H](C(=O)O)[C@H]3C=C[C@H]2O3)cc1. The molecule has 116 valence electrons. The van der Waals surface area contributed by atoms with Gasteiger partial charge >= 0.3 is 5.97 Å². The lowest BCUT2D eigenvalue weighted by molar-refractivity contribution is -0.145. The summed E-state index contributed by atoms with van der Waals surface area (Å²) in [4.78, 5) is 23.8. The standard InChI is InChI=1S/C16H17NO5/c1-2-21-10-5-3-9(4-6-10)17-15(18)13-11-7-8-12(22-11)14(13)16(19)20/h3-8,11-14H,2H2,1H3,(H,17,18)(H,19,20)/t11-,12-,13-,14-/m1/s1. The van der Waals surface area contributed by atoms with Crippen LogP contribution in [0.15, 0.2) is 36.4 Å². The quantitative estimate of drug-likeness (QED) is 0.808. The van der Waals surface area contributed by atoms with E-state index in [0.717, 1.165) is 5.75 Å². The summed E-state index contributed by atoms with van der Waals surface area (Å²) in [6.07, 6.45) is 2.49. The van der Waals surface area contributed by atoms with Crippen molar-refractivity contribution in [2.24, 2.45) is 11.8 Å². The number of fused-ring (bicyclic) bond motifs is 2. The van der Waals surface area contributed by atoms with E-state index in [0.29, 0.717) is 12.3 Å². The van der Waals surface area contributed by atoms with Crippen molar-refractivity contribution in [2.75, 3.05) is 11.9 Å². The van der Waals surface area contributed by atoms with Crippen LogP contribution in [0.4, 0.5) is 5.69 Å². The minimum Gasteiger partial charge on any atom is -0.494 e. The van der Waals surface area contributed by atoms with Crippen LogP contribution < -0.4 is 10.1 Å². The van der Waals surface area contributed by atoms with Gasteiger partial charge in [0.2, 0.25) is 5.91 Å². The molecule has 6 heteroatoms. The largest absolute Gasteiger partial charge is 0.494 e. The van der Waals surface area contributed by atoms with Crippen LogP contribution in [0.2, 0.25) is 0 Å². The van der Waals surface area contributed by atoms with E-state index in [1.807, 2.05) is 6.92 Å². The van der Waals surface area contributed by atoms with Gasteiger partial charge in [0.25, 0.3) is 0 Å². The molecule has 0 aromatic heterocycles. The maximum atomic E-state index is 12.4. The fourth-order valence-corrected chi connectivity index (χ4v) is 2.94. The molecular weight excluding hydrogens is 286 g/mol. The molecule has 0 saturated carbocycles. The fourth-order valence-electron chi connectivity index (χ4n) is 2.94. The topological polar surface area (TPSA) is 84.9 Å². The number of anilines is 1. The summed E-state index contributed by atoms with van der Waals surface area (Å²) in [5.74, 6) is -2.18. The highest BCUT2D eigenvalue weighted by molar-refractivity contribution is 5.96. The molecule has 0 spiro atoms.